The average Bonchev–Trinajstić information content (AvgIpc) is 2.41. The molecule has 3 unspecified atom stereocenters. The molecule has 20 heavy (non-hydrogen) atoms. The number of amides is 1. The second-order valence-corrected chi connectivity index (χ2v) is 5.77. The summed E-state index contributed by atoms with van der Waals surface area (Å²) in [5.74, 6) is 0.505. The van der Waals surface area contributed by atoms with E-state index in [4.69, 9.17) is 5.73 Å². The molecule has 2 rings (SSSR count). The molecular formula is C16H25ClN2O. The van der Waals surface area contributed by atoms with Gasteiger partial charge in [0, 0.05) is 6.04 Å². The Labute approximate surface area is 127 Å². The lowest BCUT2D eigenvalue weighted by molar-refractivity contribution is -0.123. The third-order valence-corrected chi connectivity index (χ3v) is 4.16. The molecule has 1 aromatic carbocycles. The van der Waals surface area contributed by atoms with Crippen LogP contribution in [0.25, 0.3) is 0 Å². The number of benzene rings is 1. The highest BCUT2D eigenvalue weighted by Gasteiger charge is 2.25. The van der Waals surface area contributed by atoms with Gasteiger partial charge in [0.15, 0.2) is 0 Å². The van der Waals surface area contributed by atoms with Crippen molar-refractivity contribution in [1.82, 2.24) is 5.32 Å². The first-order chi connectivity index (χ1) is 9.08. The average molecular weight is 297 g/mol. The minimum Gasteiger partial charge on any atom is -0.351 e. The van der Waals surface area contributed by atoms with E-state index in [1.54, 1.807) is 0 Å². The predicted molar refractivity (Wildman–Crippen MR) is 84.9 cm³/mol. The summed E-state index contributed by atoms with van der Waals surface area (Å²) in [4.78, 5) is 12.2. The first kappa shape index (κ1) is 17.0. The van der Waals surface area contributed by atoms with Crippen LogP contribution in [0.15, 0.2) is 24.3 Å². The number of hydrogen-bond acceptors (Lipinski definition) is 2. The molecule has 0 heterocycles. The zero-order valence-electron chi connectivity index (χ0n) is 12.3. The molecule has 3 atom stereocenters. The lowest BCUT2D eigenvalue weighted by atomic mass is 9.85. The first-order valence-corrected chi connectivity index (χ1v) is 7.20. The predicted octanol–water partition coefficient (Wildman–Crippen LogP) is 3.11. The Bertz CT molecular complexity index is 433. The van der Waals surface area contributed by atoms with Crippen LogP contribution in [0.5, 0.6) is 0 Å². The van der Waals surface area contributed by atoms with Crippen LogP contribution >= 0.6 is 12.4 Å². The van der Waals surface area contributed by atoms with Gasteiger partial charge in [-0.2, -0.15) is 0 Å². The Morgan fingerprint density at radius 1 is 1.25 bits per heavy atom. The van der Waals surface area contributed by atoms with Crippen molar-refractivity contribution >= 4 is 18.3 Å². The number of carbonyl (C=O) groups excluding carboxylic acids is 1. The molecule has 4 heteroatoms. The van der Waals surface area contributed by atoms with Gasteiger partial charge < -0.3 is 11.1 Å². The van der Waals surface area contributed by atoms with Gasteiger partial charge in [-0.05, 0) is 31.2 Å². The van der Waals surface area contributed by atoms with Gasteiger partial charge in [0.2, 0.25) is 5.91 Å². The number of hydrogen-bond donors (Lipinski definition) is 2. The standard InChI is InChI=1S/C16H24N2O.ClH/c1-11-7-9-13(10-8-11)15(17)16(19)18-14-6-4-3-5-12(14)2;/h7-10,12,14-15H,3-6,17H2,1-2H3,(H,18,19);1H. The van der Waals surface area contributed by atoms with E-state index in [1.165, 1.54) is 24.8 Å². The second kappa shape index (κ2) is 7.65. The van der Waals surface area contributed by atoms with Crippen molar-refractivity contribution in [2.75, 3.05) is 0 Å². The van der Waals surface area contributed by atoms with Gasteiger partial charge in [0.25, 0.3) is 0 Å². The SMILES string of the molecule is Cc1ccc(C(N)C(=O)NC2CCCCC2C)cc1.Cl. The Kier molecular flexibility index (Phi) is 6.50. The van der Waals surface area contributed by atoms with E-state index in [1.807, 2.05) is 31.2 Å². The molecule has 0 spiro atoms. The van der Waals surface area contributed by atoms with Crippen LogP contribution in [0.2, 0.25) is 0 Å². The summed E-state index contributed by atoms with van der Waals surface area (Å²) in [6.45, 7) is 4.24. The Hall–Kier alpha value is -1.06. The lowest BCUT2D eigenvalue weighted by Gasteiger charge is -2.30. The fourth-order valence-electron chi connectivity index (χ4n) is 2.73. The molecule has 1 amide bonds. The Morgan fingerprint density at radius 2 is 1.85 bits per heavy atom. The number of nitrogens with one attached hydrogen (secondary N) is 1. The first-order valence-electron chi connectivity index (χ1n) is 7.20. The van der Waals surface area contributed by atoms with E-state index in [2.05, 4.69) is 12.2 Å². The number of aryl methyl sites for hydroxylation is 1. The zero-order chi connectivity index (χ0) is 13.8. The molecule has 3 N–H and O–H groups in total. The van der Waals surface area contributed by atoms with Gasteiger partial charge in [-0.3, -0.25) is 4.79 Å². The summed E-state index contributed by atoms with van der Waals surface area (Å²) in [6, 6.07) is 7.58. The molecule has 0 saturated heterocycles. The monoisotopic (exact) mass is 296 g/mol. The highest BCUT2D eigenvalue weighted by molar-refractivity contribution is 5.85. The molecule has 0 bridgehead atoms. The van der Waals surface area contributed by atoms with Crippen molar-refractivity contribution in [2.45, 2.75) is 51.6 Å². The highest BCUT2D eigenvalue weighted by Crippen LogP contribution is 2.24. The Balaban J connectivity index is 0.00000200. The Morgan fingerprint density at radius 3 is 2.45 bits per heavy atom. The van der Waals surface area contributed by atoms with Gasteiger partial charge >= 0.3 is 0 Å². The van der Waals surface area contributed by atoms with E-state index in [0.29, 0.717) is 5.92 Å². The maximum Gasteiger partial charge on any atom is 0.241 e. The van der Waals surface area contributed by atoms with Crippen LogP contribution in [-0.2, 0) is 4.79 Å². The van der Waals surface area contributed by atoms with E-state index >= 15 is 0 Å². The van der Waals surface area contributed by atoms with Crippen molar-refractivity contribution < 1.29 is 4.79 Å². The van der Waals surface area contributed by atoms with Gasteiger partial charge in [-0.1, -0.05) is 49.6 Å². The molecule has 0 aliphatic heterocycles. The topological polar surface area (TPSA) is 55.1 Å². The molecule has 3 nitrogen and oxygen atoms in total. The van der Waals surface area contributed by atoms with Gasteiger partial charge in [-0.15, -0.1) is 12.4 Å². The maximum absolute atomic E-state index is 12.2. The molecule has 0 radical (unpaired) electrons. The molecule has 1 aromatic rings. The molecule has 1 fully saturated rings. The zero-order valence-corrected chi connectivity index (χ0v) is 13.1. The molecule has 0 aromatic heterocycles. The fourth-order valence-corrected chi connectivity index (χ4v) is 2.73. The highest BCUT2D eigenvalue weighted by atomic mass is 35.5. The number of halogens is 1. The summed E-state index contributed by atoms with van der Waals surface area (Å²) in [5, 5.41) is 3.12. The smallest absolute Gasteiger partial charge is 0.241 e. The molecule has 1 aliphatic rings. The third kappa shape index (κ3) is 4.22. The lowest BCUT2D eigenvalue weighted by Crippen LogP contribution is -2.45. The maximum atomic E-state index is 12.2. The summed E-state index contributed by atoms with van der Waals surface area (Å²) in [6.07, 6.45) is 4.75. The normalized spacial score (nSPS) is 23.6. The second-order valence-electron chi connectivity index (χ2n) is 5.77. The molecule has 1 aliphatic carbocycles. The summed E-state index contributed by atoms with van der Waals surface area (Å²) in [5.41, 5.74) is 8.10. The van der Waals surface area contributed by atoms with Gasteiger partial charge in [0.1, 0.15) is 6.04 Å². The summed E-state index contributed by atoms with van der Waals surface area (Å²) in [7, 11) is 0. The third-order valence-electron chi connectivity index (χ3n) is 4.16. The van der Waals surface area contributed by atoms with Gasteiger partial charge in [-0.25, -0.2) is 0 Å². The minimum atomic E-state index is -0.560. The van der Waals surface area contributed by atoms with E-state index in [9.17, 15) is 4.79 Å². The largest absolute Gasteiger partial charge is 0.351 e. The fraction of sp³-hybridized carbons (Fsp3) is 0.562. The van der Waals surface area contributed by atoms with Crippen LogP contribution in [0, 0.1) is 12.8 Å². The van der Waals surface area contributed by atoms with E-state index in [-0.39, 0.29) is 24.4 Å². The van der Waals surface area contributed by atoms with Crippen molar-refractivity contribution in [2.24, 2.45) is 11.7 Å². The quantitative estimate of drug-likeness (QED) is 0.900. The van der Waals surface area contributed by atoms with Crippen LogP contribution in [0.1, 0.15) is 49.8 Å². The van der Waals surface area contributed by atoms with Crippen molar-refractivity contribution in [3.05, 3.63) is 35.4 Å². The van der Waals surface area contributed by atoms with Crippen molar-refractivity contribution in [1.29, 1.82) is 0 Å². The number of rotatable bonds is 3. The number of nitrogens with two attached hydrogens (primary N) is 1. The molecule has 1 saturated carbocycles. The summed E-state index contributed by atoms with van der Waals surface area (Å²) < 4.78 is 0. The van der Waals surface area contributed by atoms with E-state index in [0.717, 1.165) is 12.0 Å². The number of carbonyl (C=O) groups is 1. The molecular weight excluding hydrogens is 272 g/mol. The van der Waals surface area contributed by atoms with E-state index < -0.39 is 6.04 Å². The summed E-state index contributed by atoms with van der Waals surface area (Å²) >= 11 is 0. The molecule has 112 valence electrons. The van der Waals surface area contributed by atoms with Crippen LogP contribution in [-0.4, -0.2) is 11.9 Å². The van der Waals surface area contributed by atoms with Gasteiger partial charge in [0.05, 0.1) is 0 Å². The minimum absolute atomic E-state index is 0. The van der Waals surface area contributed by atoms with Crippen LogP contribution in [0.4, 0.5) is 0 Å². The van der Waals surface area contributed by atoms with Crippen molar-refractivity contribution in [3.63, 3.8) is 0 Å². The van der Waals surface area contributed by atoms with Crippen LogP contribution < -0.4 is 11.1 Å². The van der Waals surface area contributed by atoms with Crippen molar-refractivity contribution in [3.8, 4) is 0 Å². The van der Waals surface area contributed by atoms with Crippen LogP contribution in [0.3, 0.4) is 0 Å².